The number of H-pyrrole nitrogens is 1. The fourth-order valence-corrected chi connectivity index (χ4v) is 11.4. The Hall–Kier alpha value is -2.30. The molecule has 3 aliphatic carbocycles. The summed E-state index contributed by atoms with van der Waals surface area (Å²) < 4.78 is 101. The zero-order valence-electron chi connectivity index (χ0n) is 30.3. The molecule has 0 spiro atoms. The number of rotatable bonds is 13. The second-order valence-corrected chi connectivity index (χ2v) is 17.8. The molecule has 4 aliphatic rings. The van der Waals surface area contributed by atoms with E-state index < -0.39 is 24.6 Å². The van der Waals surface area contributed by atoms with Gasteiger partial charge in [0.05, 0.1) is 19.3 Å². The van der Waals surface area contributed by atoms with Gasteiger partial charge in [-0.1, -0.05) is 34.6 Å². The number of aryl methyl sites for hydroxylation is 2. The van der Waals surface area contributed by atoms with Crippen LogP contribution in [0, 0.1) is 24.2 Å². The Labute approximate surface area is 314 Å². The fourth-order valence-electron chi connectivity index (χ4n) is 8.88. The van der Waals surface area contributed by atoms with Crippen LogP contribution in [0.15, 0.2) is 24.4 Å². The van der Waals surface area contributed by atoms with Crippen molar-refractivity contribution in [1.29, 1.82) is 0 Å². The molecule has 2 heterocycles. The summed E-state index contributed by atoms with van der Waals surface area (Å²) in [4.78, 5) is 22.5. The molecule has 1 aromatic heterocycles. The van der Waals surface area contributed by atoms with Crippen molar-refractivity contribution in [2.75, 3.05) is 37.9 Å². The van der Waals surface area contributed by atoms with E-state index in [0.717, 1.165) is 73.7 Å². The van der Waals surface area contributed by atoms with Crippen LogP contribution < -0.4 is 4.74 Å². The van der Waals surface area contributed by atoms with E-state index in [1.165, 1.54) is 11.1 Å². The van der Waals surface area contributed by atoms with E-state index in [1.807, 2.05) is 23.8 Å². The Morgan fingerprint density at radius 2 is 1.81 bits per heavy atom. The van der Waals surface area contributed by atoms with Gasteiger partial charge in [-0.3, -0.25) is 4.90 Å². The van der Waals surface area contributed by atoms with Crippen molar-refractivity contribution in [3.05, 3.63) is 47.0 Å². The number of carbonyl (C=O) groups is 1. The van der Waals surface area contributed by atoms with Crippen LogP contribution >= 0.6 is 21.6 Å². The van der Waals surface area contributed by atoms with E-state index in [9.17, 15) is 31.1 Å². The van der Waals surface area contributed by atoms with Gasteiger partial charge in [0.2, 0.25) is 0 Å². The van der Waals surface area contributed by atoms with Gasteiger partial charge in [0, 0.05) is 36.0 Å². The van der Waals surface area contributed by atoms with Crippen molar-refractivity contribution in [1.82, 2.24) is 14.9 Å². The van der Waals surface area contributed by atoms with Gasteiger partial charge in [0.25, 0.3) is 5.60 Å². The van der Waals surface area contributed by atoms with E-state index in [0.29, 0.717) is 24.3 Å². The number of amides is 1. The summed E-state index contributed by atoms with van der Waals surface area (Å²) in [6.45, 7) is 4.25. The number of hydrogen-bond donors (Lipinski definition) is 1. The zero-order valence-corrected chi connectivity index (χ0v) is 32.0. The maximum Gasteiger partial charge on any atom is 0.426 e. The average molecular weight is 794 g/mol. The minimum Gasteiger partial charge on any atom is -0.490 e. The number of alkyl halides is 6. The standard InChI is InChI=1S/C37H49F6N3O5S2/c1-23-20-44-32(45-23)21-46(25-12-18-52-53-22-25)33(47)50-17-16-48-26-6-8-27-24(19-26)5-7-29-28(27)11-13-34(2)30(29)9-10-31(34)49-14-4-15-51-35(3,36(38,39)40)37(41,42)43/h6,8,19-20,25,28-31H,4-5,7,9-18,21-22H2,1-3H3,(H,44,45). The first-order valence-electron chi connectivity index (χ1n) is 18.4. The van der Waals surface area contributed by atoms with Gasteiger partial charge in [-0.15, -0.1) is 0 Å². The van der Waals surface area contributed by atoms with Gasteiger partial charge in [0.15, 0.2) is 0 Å². The summed E-state index contributed by atoms with van der Waals surface area (Å²) >= 11 is 0. The monoisotopic (exact) mass is 793 g/mol. The highest BCUT2D eigenvalue weighted by Gasteiger charge is 2.69. The normalized spacial score (nSPS) is 27.5. The predicted molar refractivity (Wildman–Crippen MR) is 191 cm³/mol. The predicted octanol–water partition coefficient (Wildman–Crippen LogP) is 9.42. The van der Waals surface area contributed by atoms with Crippen molar-refractivity contribution in [3.8, 4) is 5.75 Å². The van der Waals surface area contributed by atoms with Gasteiger partial charge in [0.1, 0.15) is 24.8 Å². The molecule has 6 atom stereocenters. The molecule has 6 rings (SSSR count). The lowest BCUT2D eigenvalue weighted by Crippen LogP contribution is -2.56. The van der Waals surface area contributed by atoms with Crippen molar-refractivity contribution < 1.29 is 50.1 Å². The molecule has 296 valence electrons. The van der Waals surface area contributed by atoms with Crippen molar-refractivity contribution >= 4 is 27.7 Å². The maximum absolute atomic E-state index is 13.2. The lowest BCUT2D eigenvalue weighted by atomic mass is 9.55. The molecular weight excluding hydrogens is 745 g/mol. The number of imidazole rings is 1. The number of benzene rings is 1. The maximum atomic E-state index is 13.2. The molecule has 6 unspecified atom stereocenters. The third kappa shape index (κ3) is 8.75. The number of aromatic amines is 1. The van der Waals surface area contributed by atoms with Crippen LogP contribution in [0.5, 0.6) is 5.75 Å². The number of hydrogen-bond acceptors (Lipinski definition) is 8. The van der Waals surface area contributed by atoms with E-state index in [-0.39, 0.29) is 56.8 Å². The molecule has 3 fully saturated rings. The number of aromatic nitrogens is 2. The first-order chi connectivity index (χ1) is 25.1. The van der Waals surface area contributed by atoms with Gasteiger partial charge in [-0.05, 0) is 112 Å². The summed E-state index contributed by atoms with van der Waals surface area (Å²) in [5.41, 5.74) is -0.763. The summed E-state index contributed by atoms with van der Waals surface area (Å²) in [7, 11) is 3.59. The van der Waals surface area contributed by atoms with E-state index in [4.69, 9.17) is 14.2 Å². The molecule has 1 aromatic carbocycles. The quantitative estimate of drug-likeness (QED) is 0.122. The second kappa shape index (κ2) is 16.4. The largest absolute Gasteiger partial charge is 0.490 e. The molecule has 1 saturated heterocycles. The number of ether oxygens (including phenoxy) is 4. The number of nitrogens with zero attached hydrogens (tertiary/aromatic N) is 2. The molecule has 53 heavy (non-hydrogen) atoms. The molecule has 1 N–H and O–H groups in total. The Morgan fingerprint density at radius 1 is 1.02 bits per heavy atom. The summed E-state index contributed by atoms with van der Waals surface area (Å²) in [5, 5.41) is 0. The highest BCUT2D eigenvalue weighted by atomic mass is 33.1. The van der Waals surface area contributed by atoms with Crippen molar-refractivity contribution in [3.63, 3.8) is 0 Å². The zero-order chi connectivity index (χ0) is 38.0. The first kappa shape index (κ1) is 40.4. The topological polar surface area (TPSA) is 85.9 Å². The Kier molecular flexibility index (Phi) is 12.5. The van der Waals surface area contributed by atoms with Crippen LogP contribution in [0.4, 0.5) is 31.1 Å². The highest BCUT2D eigenvalue weighted by molar-refractivity contribution is 8.76. The van der Waals surface area contributed by atoms with E-state index in [1.54, 1.807) is 21.9 Å². The minimum absolute atomic E-state index is 0.0286. The second-order valence-electron chi connectivity index (χ2n) is 15.1. The van der Waals surface area contributed by atoms with E-state index in [2.05, 4.69) is 33.8 Å². The number of nitrogens with one attached hydrogen (secondary N) is 1. The van der Waals surface area contributed by atoms with Gasteiger partial charge in [-0.2, -0.15) is 26.3 Å². The van der Waals surface area contributed by atoms with Gasteiger partial charge < -0.3 is 23.9 Å². The lowest BCUT2D eigenvalue weighted by molar-refractivity contribution is -0.374. The average Bonchev–Trinajstić information content (AvgIpc) is 3.69. The molecular formula is C37H49F6N3O5S2. The molecule has 0 bridgehead atoms. The Bertz CT molecular complexity index is 1540. The molecule has 1 amide bonds. The molecule has 2 saturated carbocycles. The van der Waals surface area contributed by atoms with Crippen LogP contribution in [0.25, 0.3) is 0 Å². The first-order valence-corrected chi connectivity index (χ1v) is 20.9. The lowest BCUT2D eigenvalue weighted by Gasteiger charge is -2.50. The molecule has 2 aromatic rings. The molecule has 8 nitrogen and oxygen atoms in total. The van der Waals surface area contributed by atoms with Crippen LogP contribution in [-0.4, -0.2) is 89.0 Å². The number of halogens is 6. The molecule has 16 heteroatoms. The summed E-state index contributed by atoms with van der Waals surface area (Å²) in [6.07, 6.45) is -3.39. The molecule has 1 aliphatic heterocycles. The molecule has 0 radical (unpaired) electrons. The van der Waals surface area contributed by atoms with E-state index >= 15 is 0 Å². The summed E-state index contributed by atoms with van der Waals surface area (Å²) in [6, 6.07) is 6.34. The smallest absolute Gasteiger partial charge is 0.426 e. The van der Waals surface area contributed by atoms with Crippen molar-refractivity contribution in [2.24, 2.45) is 17.3 Å². The van der Waals surface area contributed by atoms with Crippen LogP contribution in [0.2, 0.25) is 0 Å². The van der Waals surface area contributed by atoms with Crippen LogP contribution in [-0.2, 0) is 27.2 Å². The fraction of sp³-hybridized carbons (Fsp3) is 0.730. The summed E-state index contributed by atoms with van der Waals surface area (Å²) in [5.74, 6) is 4.58. The van der Waals surface area contributed by atoms with Gasteiger partial charge in [-0.25, -0.2) is 9.78 Å². The third-order valence-corrected chi connectivity index (χ3v) is 14.4. The van der Waals surface area contributed by atoms with Gasteiger partial charge >= 0.3 is 18.4 Å². The minimum atomic E-state index is -5.57. The Morgan fingerprint density at radius 3 is 2.51 bits per heavy atom. The number of fused-ring (bicyclic) bond motifs is 5. The number of carbonyl (C=O) groups excluding carboxylic acids is 1. The SMILES string of the molecule is Cc1cnc(CN(C(=O)OCCOc2ccc3c(c2)CCC2C3CCC3(C)C(OCCCOC(C)(C(F)(F)F)C(F)(F)F)CCC23)C2CCSSC2)[nH]1. The Balaban J connectivity index is 0.973. The van der Waals surface area contributed by atoms with Crippen molar-refractivity contribution in [2.45, 2.75) is 115 Å². The highest BCUT2D eigenvalue weighted by Crippen LogP contribution is 2.61. The van der Waals surface area contributed by atoms with Crippen LogP contribution in [0.1, 0.15) is 87.4 Å². The third-order valence-electron chi connectivity index (χ3n) is 11.9. The van der Waals surface area contributed by atoms with Crippen LogP contribution in [0.3, 0.4) is 0 Å².